The molecule has 0 bridgehead atoms. The zero-order chi connectivity index (χ0) is 12.2. The van der Waals surface area contributed by atoms with Crippen LogP contribution in [0.3, 0.4) is 0 Å². The van der Waals surface area contributed by atoms with E-state index < -0.39 is 0 Å². The highest BCUT2D eigenvalue weighted by Crippen LogP contribution is 2.24. The molecule has 16 heavy (non-hydrogen) atoms. The monoisotopic (exact) mass is 237 g/mol. The fraction of sp³-hybridized carbons (Fsp3) is 0.571. The fourth-order valence-corrected chi connectivity index (χ4v) is 2.37. The van der Waals surface area contributed by atoms with Gasteiger partial charge in [-0.05, 0) is 24.5 Å². The van der Waals surface area contributed by atoms with Gasteiger partial charge in [-0.2, -0.15) is 11.8 Å². The Bertz CT molecular complexity index is 328. The SMILES string of the molecule is Cc1ccccc1CC(N)CSC(C)(C)C. The minimum atomic E-state index is 0.255. The number of rotatable bonds is 4. The van der Waals surface area contributed by atoms with Crippen molar-refractivity contribution in [3.05, 3.63) is 35.4 Å². The molecular weight excluding hydrogens is 214 g/mol. The maximum Gasteiger partial charge on any atom is 0.0171 e. The van der Waals surface area contributed by atoms with Crippen molar-refractivity contribution in [1.29, 1.82) is 0 Å². The maximum atomic E-state index is 6.16. The standard InChI is InChI=1S/C14H23NS/c1-11-7-5-6-8-12(11)9-13(15)10-16-14(2,3)4/h5-8,13H,9-10,15H2,1-4H3. The van der Waals surface area contributed by atoms with Crippen LogP contribution >= 0.6 is 11.8 Å². The van der Waals surface area contributed by atoms with Crippen molar-refractivity contribution in [2.24, 2.45) is 5.73 Å². The van der Waals surface area contributed by atoms with E-state index in [9.17, 15) is 0 Å². The molecule has 1 unspecified atom stereocenters. The molecule has 90 valence electrons. The number of nitrogens with two attached hydrogens (primary N) is 1. The largest absolute Gasteiger partial charge is 0.327 e. The van der Waals surface area contributed by atoms with Crippen LogP contribution in [-0.2, 0) is 6.42 Å². The van der Waals surface area contributed by atoms with Crippen molar-refractivity contribution in [3.63, 3.8) is 0 Å². The highest BCUT2D eigenvalue weighted by molar-refractivity contribution is 8.00. The van der Waals surface area contributed by atoms with Crippen LogP contribution in [0.1, 0.15) is 31.9 Å². The van der Waals surface area contributed by atoms with Gasteiger partial charge in [-0.1, -0.05) is 45.0 Å². The molecule has 1 rings (SSSR count). The topological polar surface area (TPSA) is 26.0 Å². The Balaban J connectivity index is 2.46. The van der Waals surface area contributed by atoms with Crippen LogP contribution in [-0.4, -0.2) is 16.5 Å². The molecule has 0 fully saturated rings. The van der Waals surface area contributed by atoms with E-state index in [0.29, 0.717) is 4.75 Å². The van der Waals surface area contributed by atoms with Gasteiger partial charge in [-0.25, -0.2) is 0 Å². The zero-order valence-electron chi connectivity index (χ0n) is 10.8. The van der Waals surface area contributed by atoms with E-state index in [0.717, 1.165) is 12.2 Å². The Kier molecular flexibility index (Phi) is 4.88. The van der Waals surface area contributed by atoms with Crippen molar-refractivity contribution in [2.45, 2.75) is 44.9 Å². The molecule has 0 aliphatic rings. The molecule has 0 aliphatic carbocycles. The molecule has 0 heterocycles. The molecule has 1 aromatic carbocycles. The lowest BCUT2D eigenvalue weighted by Crippen LogP contribution is -2.28. The van der Waals surface area contributed by atoms with E-state index in [-0.39, 0.29) is 6.04 Å². The Morgan fingerprint density at radius 3 is 2.44 bits per heavy atom. The lowest BCUT2D eigenvalue weighted by atomic mass is 10.0. The lowest BCUT2D eigenvalue weighted by molar-refractivity contribution is 0.731. The van der Waals surface area contributed by atoms with E-state index >= 15 is 0 Å². The summed E-state index contributed by atoms with van der Waals surface area (Å²) in [4.78, 5) is 0. The van der Waals surface area contributed by atoms with Gasteiger partial charge in [0, 0.05) is 16.5 Å². The van der Waals surface area contributed by atoms with Gasteiger partial charge in [-0.3, -0.25) is 0 Å². The third kappa shape index (κ3) is 5.04. The van der Waals surface area contributed by atoms with Crippen LogP contribution < -0.4 is 5.73 Å². The predicted octanol–water partition coefficient (Wildman–Crippen LogP) is 3.40. The zero-order valence-corrected chi connectivity index (χ0v) is 11.6. The van der Waals surface area contributed by atoms with E-state index in [2.05, 4.69) is 52.0 Å². The summed E-state index contributed by atoms with van der Waals surface area (Å²) in [6, 6.07) is 8.75. The molecule has 2 heteroatoms. The summed E-state index contributed by atoms with van der Waals surface area (Å²) in [6.45, 7) is 8.85. The average molecular weight is 237 g/mol. The van der Waals surface area contributed by atoms with Crippen molar-refractivity contribution in [3.8, 4) is 0 Å². The highest BCUT2D eigenvalue weighted by Gasteiger charge is 2.13. The van der Waals surface area contributed by atoms with Gasteiger partial charge >= 0.3 is 0 Å². The molecule has 0 saturated heterocycles. The third-order valence-corrected chi connectivity index (χ3v) is 3.93. The van der Waals surface area contributed by atoms with E-state index in [1.807, 2.05) is 11.8 Å². The smallest absolute Gasteiger partial charge is 0.0171 e. The van der Waals surface area contributed by atoms with Crippen LogP contribution in [0.4, 0.5) is 0 Å². The van der Waals surface area contributed by atoms with E-state index in [1.54, 1.807) is 0 Å². The average Bonchev–Trinajstić information content (AvgIpc) is 2.18. The normalized spacial score (nSPS) is 13.8. The number of thioether (sulfide) groups is 1. The Hall–Kier alpha value is -0.470. The summed E-state index contributed by atoms with van der Waals surface area (Å²) >= 11 is 1.94. The quantitative estimate of drug-likeness (QED) is 0.868. The second kappa shape index (κ2) is 5.74. The molecule has 0 amide bonds. The van der Waals surface area contributed by atoms with Crippen LogP contribution in [0.15, 0.2) is 24.3 Å². The molecule has 1 aromatic rings. The number of hydrogen-bond donors (Lipinski definition) is 1. The second-order valence-electron chi connectivity index (χ2n) is 5.31. The lowest BCUT2D eigenvalue weighted by Gasteiger charge is -2.21. The predicted molar refractivity (Wildman–Crippen MR) is 75.1 cm³/mol. The Morgan fingerprint density at radius 1 is 1.25 bits per heavy atom. The molecule has 0 aromatic heterocycles. The van der Waals surface area contributed by atoms with E-state index in [1.165, 1.54) is 11.1 Å². The highest BCUT2D eigenvalue weighted by atomic mass is 32.2. The molecule has 0 aliphatic heterocycles. The van der Waals surface area contributed by atoms with Gasteiger partial charge in [0.15, 0.2) is 0 Å². The Labute approximate surface area is 104 Å². The minimum Gasteiger partial charge on any atom is -0.327 e. The summed E-state index contributed by atoms with van der Waals surface area (Å²) in [5.41, 5.74) is 8.89. The van der Waals surface area contributed by atoms with Gasteiger partial charge < -0.3 is 5.73 Å². The van der Waals surface area contributed by atoms with Crippen molar-refractivity contribution in [2.75, 3.05) is 5.75 Å². The summed E-state index contributed by atoms with van der Waals surface area (Å²) in [7, 11) is 0. The Morgan fingerprint density at radius 2 is 1.88 bits per heavy atom. The number of benzene rings is 1. The van der Waals surface area contributed by atoms with Crippen LogP contribution in [0.2, 0.25) is 0 Å². The number of hydrogen-bond acceptors (Lipinski definition) is 2. The molecule has 0 saturated carbocycles. The van der Waals surface area contributed by atoms with Gasteiger partial charge in [0.2, 0.25) is 0 Å². The van der Waals surface area contributed by atoms with Crippen molar-refractivity contribution >= 4 is 11.8 Å². The molecular formula is C14H23NS. The first-order chi connectivity index (χ1) is 7.38. The first-order valence-corrected chi connectivity index (χ1v) is 6.81. The minimum absolute atomic E-state index is 0.255. The summed E-state index contributed by atoms with van der Waals surface area (Å²) in [6.07, 6.45) is 0.982. The summed E-state index contributed by atoms with van der Waals surface area (Å²) in [5.74, 6) is 1.03. The van der Waals surface area contributed by atoms with E-state index in [4.69, 9.17) is 5.73 Å². The maximum absolute atomic E-state index is 6.16. The van der Waals surface area contributed by atoms with Crippen molar-refractivity contribution in [1.82, 2.24) is 0 Å². The van der Waals surface area contributed by atoms with Crippen LogP contribution in [0, 0.1) is 6.92 Å². The van der Waals surface area contributed by atoms with Crippen LogP contribution in [0.5, 0.6) is 0 Å². The molecule has 0 spiro atoms. The van der Waals surface area contributed by atoms with Gasteiger partial charge in [0.05, 0.1) is 0 Å². The summed E-state index contributed by atoms with van der Waals surface area (Å²) < 4.78 is 0.309. The van der Waals surface area contributed by atoms with Crippen molar-refractivity contribution < 1.29 is 0 Å². The fourth-order valence-electron chi connectivity index (χ4n) is 1.54. The van der Waals surface area contributed by atoms with Gasteiger partial charge in [-0.15, -0.1) is 0 Å². The first-order valence-electron chi connectivity index (χ1n) is 5.82. The first kappa shape index (κ1) is 13.6. The van der Waals surface area contributed by atoms with Gasteiger partial charge in [0.25, 0.3) is 0 Å². The van der Waals surface area contributed by atoms with Gasteiger partial charge in [0.1, 0.15) is 0 Å². The second-order valence-corrected chi connectivity index (χ2v) is 7.16. The molecule has 1 atom stereocenters. The molecule has 2 N–H and O–H groups in total. The molecule has 1 nitrogen and oxygen atoms in total. The van der Waals surface area contributed by atoms with Crippen LogP contribution in [0.25, 0.3) is 0 Å². The molecule has 0 radical (unpaired) electrons. The number of aryl methyl sites for hydroxylation is 1. The third-order valence-electron chi connectivity index (χ3n) is 2.47. The summed E-state index contributed by atoms with van der Waals surface area (Å²) in [5, 5.41) is 0.